The van der Waals surface area contributed by atoms with Crippen LogP contribution in [-0.4, -0.2) is 32.3 Å². The maximum absolute atomic E-state index is 7.34. The van der Waals surface area contributed by atoms with Crippen LogP contribution in [0.15, 0.2) is 170 Å². The van der Waals surface area contributed by atoms with E-state index in [0.29, 0.717) is 52.1 Å². The van der Waals surface area contributed by atoms with E-state index in [9.17, 15) is 0 Å². The first-order valence-electron chi connectivity index (χ1n) is 27.5. The molecule has 0 radical (unpaired) electrons. The smallest absolute Gasteiger partial charge is 0.126 e. The molecule has 8 aromatic carbocycles. The second-order valence-electron chi connectivity index (χ2n) is 25.3. The van der Waals surface area contributed by atoms with E-state index in [4.69, 9.17) is 18.9 Å². The van der Waals surface area contributed by atoms with Crippen LogP contribution in [0, 0.1) is 0 Å². The molecule has 8 bridgehead atoms. The van der Waals surface area contributed by atoms with Gasteiger partial charge in [-0.1, -0.05) is 269 Å². The minimum Gasteiger partial charge on any atom is -0.488 e. The van der Waals surface area contributed by atoms with Crippen molar-refractivity contribution in [2.45, 2.75) is 131 Å². The fraction of sp³-hybridized carbons (Fsp3) is 0.294. The summed E-state index contributed by atoms with van der Waals surface area (Å²) in [7, 11) is -7.65. The molecular formula is C68H80O4Si4. The van der Waals surface area contributed by atoms with Crippen LogP contribution in [0.1, 0.15) is 66.8 Å². The minimum atomic E-state index is -1.91. The Hall–Kier alpha value is -6.17. The molecule has 8 aromatic rings. The van der Waals surface area contributed by atoms with Crippen molar-refractivity contribution in [2.75, 3.05) is 0 Å². The Morgan fingerprint density at radius 2 is 0.408 bits per heavy atom. The van der Waals surface area contributed by atoms with Gasteiger partial charge in [0.25, 0.3) is 0 Å². The molecule has 1 aliphatic rings. The molecule has 0 spiro atoms. The summed E-state index contributed by atoms with van der Waals surface area (Å²) in [6, 6.07) is 62.6. The molecular weight excluding hydrogens is 993 g/mol. The van der Waals surface area contributed by atoms with Crippen LogP contribution in [0.3, 0.4) is 0 Å². The Morgan fingerprint density at radius 3 is 0.553 bits per heavy atom. The molecule has 0 saturated heterocycles. The van der Waals surface area contributed by atoms with Crippen molar-refractivity contribution in [3.63, 3.8) is 0 Å². The monoisotopic (exact) mass is 1070 g/mol. The normalized spacial score (nSPS) is 13.0. The average molecular weight is 1070 g/mol. The molecule has 76 heavy (non-hydrogen) atoms. The highest BCUT2D eigenvalue weighted by Gasteiger charge is 2.31. The molecule has 0 saturated carbocycles. The van der Waals surface area contributed by atoms with Gasteiger partial charge in [0, 0.05) is 25.7 Å². The second kappa shape index (κ2) is 22.8. The van der Waals surface area contributed by atoms with Gasteiger partial charge in [0.1, 0.15) is 49.4 Å². The van der Waals surface area contributed by atoms with Gasteiger partial charge >= 0.3 is 0 Å². The zero-order chi connectivity index (χ0) is 53.8. The predicted molar refractivity (Wildman–Crippen MR) is 332 cm³/mol. The van der Waals surface area contributed by atoms with E-state index in [1.165, 1.54) is 65.3 Å². The van der Waals surface area contributed by atoms with Gasteiger partial charge in [-0.3, -0.25) is 0 Å². The van der Waals surface area contributed by atoms with Crippen molar-refractivity contribution >= 4 is 53.0 Å². The lowest BCUT2D eigenvalue weighted by Gasteiger charge is -2.28. The molecule has 0 fully saturated rings. The Bertz CT molecular complexity index is 2740. The highest BCUT2D eigenvalue weighted by molar-refractivity contribution is 6.90. The first-order chi connectivity index (χ1) is 36.2. The molecule has 0 atom stereocenters. The van der Waals surface area contributed by atoms with E-state index in [2.05, 4.69) is 248 Å². The van der Waals surface area contributed by atoms with Gasteiger partial charge in [0.05, 0.1) is 32.3 Å². The molecule has 0 heterocycles. The van der Waals surface area contributed by atoms with Gasteiger partial charge in [-0.2, -0.15) is 0 Å². The third-order valence-electron chi connectivity index (χ3n) is 14.9. The lowest BCUT2D eigenvalue weighted by atomic mass is 9.91. The number of hydrogen-bond donors (Lipinski definition) is 0. The van der Waals surface area contributed by atoms with Crippen molar-refractivity contribution < 1.29 is 18.9 Å². The summed E-state index contributed by atoms with van der Waals surface area (Å²) in [5, 5.41) is 5.67. The maximum atomic E-state index is 7.34. The van der Waals surface area contributed by atoms with Crippen LogP contribution in [-0.2, 0) is 52.1 Å². The molecule has 0 amide bonds. The molecule has 0 aliphatic heterocycles. The Balaban J connectivity index is 1.38. The van der Waals surface area contributed by atoms with Crippen molar-refractivity contribution in [2.24, 2.45) is 0 Å². The molecule has 0 aromatic heterocycles. The van der Waals surface area contributed by atoms with Gasteiger partial charge in [-0.25, -0.2) is 0 Å². The standard InChI is InChI=1S/C68H80O4Si4/c1-73(2,3)61-37-53-33-55-39-62(74(4,5)6)41-57(66(55)70-46-50-27-19-14-20-28-50)35-59-43-64(76(10,11)12)44-60(68(59)72-48-52-31-23-16-24-32-52)36-58-42-63(75(7,8)9)40-56(67(58)71-47-51-29-21-15-22-30-51)34-54(38-61)65(53)69-45-49-25-17-13-18-26-49/h13-32,37-44H,33-36,45-48H2,1-12H3. The summed E-state index contributed by atoms with van der Waals surface area (Å²) < 4.78 is 29.4. The number of hydrogen-bond acceptors (Lipinski definition) is 4. The zero-order valence-electron chi connectivity index (χ0n) is 47.5. The second-order valence-corrected chi connectivity index (χ2v) is 45.6. The lowest BCUT2D eigenvalue weighted by molar-refractivity contribution is 0.293. The summed E-state index contributed by atoms with van der Waals surface area (Å²) in [6.07, 6.45) is 2.61. The number of fused-ring (bicyclic) bond motifs is 8. The SMILES string of the molecule is C[Si](C)(C)c1cc2c(OCc3ccccc3)c(c1)Cc1cc([Si](C)(C)C)cc(c1OCc1ccccc1)Cc1cc([Si](C)(C)C)cc(c1OCc1ccccc1)Cc1cc([Si](C)(C)C)cc(c1OCc1ccccc1)C2. The minimum absolute atomic E-state index is 0.460. The summed E-state index contributed by atoms with van der Waals surface area (Å²) in [5.74, 6) is 3.84. The van der Waals surface area contributed by atoms with Crippen molar-refractivity contribution in [3.05, 3.63) is 237 Å². The molecule has 392 valence electrons. The van der Waals surface area contributed by atoms with Gasteiger partial charge in [-0.05, 0) is 66.8 Å². The fourth-order valence-corrected chi connectivity index (χ4v) is 15.1. The topological polar surface area (TPSA) is 36.9 Å². The van der Waals surface area contributed by atoms with Crippen molar-refractivity contribution in [3.8, 4) is 23.0 Å². The Kier molecular flexibility index (Phi) is 16.4. The van der Waals surface area contributed by atoms with E-state index < -0.39 is 32.3 Å². The Labute approximate surface area is 459 Å². The van der Waals surface area contributed by atoms with Crippen LogP contribution < -0.4 is 39.7 Å². The summed E-state index contributed by atoms with van der Waals surface area (Å²) in [5.41, 5.74) is 14.2. The van der Waals surface area contributed by atoms with Gasteiger partial charge in [-0.15, -0.1) is 0 Å². The van der Waals surface area contributed by atoms with Gasteiger partial charge in [0.15, 0.2) is 0 Å². The van der Waals surface area contributed by atoms with Crippen LogP contribution in [0.4, 0.5) is 0 Å². The van der Waals surface area contributed by atoms with Crippen LogP contribution in [0.5, 0.6) is 23.0 Å². The molecule has 1 aliphatic carbocycles. The lowest BCUT2D eigenvalue weighted by Crippen LogP contribution is -2.39. The van der Waals surface area contributed by atoms with Gasteiger partial charge < -0.3 is 18.9 Å². The first-order valence-corrected chi connectivity index (χ1v) is 41.5. The van der Waals surface area contributed by atoms with E-state index in [0.717, 1.165) is 45.3 Å². The summed E-state index contributed by atoms with van der Waals surface area (Å²) in [6.45, 7) is 31.5. The maximum Gasteiger partial charge on any atom is 0.126 e. The average Bonchev–Trinajstić information content (AvgIpc) is 3.41. The van der Waals surface area contributed by atoms with Crippen molar-refractivity contribution in [1.29, 1.82) is 0 Å². The van der Waals surface area contributed by atoms with Crippen molar-refractivity contribution in [1.82, 2.24) is 0 Å². The van der Waals surface area contributed by atoms with Crippen LogP contribution >= 0.6 is 0 Å². The molecule has 0 N–H and O–H groups in total. The highest BCUT2D eigenvalue weighted by atomic mass is 28.3. The van der Waals surface area contributed by atoms with Gasteiger partial charge in [0.2, 0.25) is 0 Å². The fourth-order valence-electron chi connectivity index (χ4n) is 10.3. The van der Waals surface area contributed by atoms with E-state index >= 15 is 0 Å². The third kappa shape index (κ3) is 13.5. The van der Waals surface area contributed by atoms with E-state index in [-0.39, 0.29) is 0 Å². The first kappa shape index (κ1) is 54.6. The number of ether oxygens (including phenoxy) is 4. The quantitative estimate of drug-likeness (QED) is 0.0904. The third-order valence-corrected chi connectivity index (χ3v) is 22.9. The van der Waals surface area contributed by atoms with Crippen LogP contribution in [0.25, 0.3) is 0 Å². The number of rotatable bonds is 16. The zero-order valence-corrected chi connectivity index (χ0v) is 51.5. The largest absolute Gasteiger partial charge is 0.488 e. The Morgan fingerprint density at radius 1 is 0.250 bits per heavy atom. The molecule has 9 rings (SSSR count). The van der Waals surface area contributed by atoms with E-state index in [1.54, 1.807) is 0 Å². The van der Waals surface area contributed by atoms with E-state index in [1.807, 2.05) is 0 Å². The summed E-state index contributed by atoms with van der Waals surface area (Å²) >= 11 is 0. The molecule has 4 nitrogen and oxygen atoms in total. The molecule has 0 unspecified atom stereocenters. The number of benzene rings is 8. The molecule has 8 heteroatoms. The highest BCUT2D eigenvalue weighted by Crippen LogP contribution is 2.40. The van der Waals surface area contributed by atoms with Crippen LogP contribution in [0.2, 0.25) is 78.6 Å². The summed E-state index contributed by atoms with van der Waals surface area (Å²) in [4.78, 5) is 0. The predicted octanol–water partition coefficient (Wildman–Crippen LogP) is 14.9.